The molecule has 0 radical (unpaired) electrons. The van der Waals surface area contributed by atoms with Crippen LogP contribution in [-0.2, 0) is 6.54 Å². The minimum Gasteiger partial charge on any atom is -0.477 e. The van der Waals surface area contributed by atoms with Crippen molar-refractivity contribution in [1.29, 1.82) is 0 Å². The molecular weight excluding hydrogens is 252 g/mol. The van der Waals surface area contributed by atoms with Crippen LogP contribution in [0.15, 0.2) is 17.5 Å². The average Bonchev–Trinajstić information content (AvgIpc) is 2.74. The lowest BCUT2D eigenvalue weighted by atomic mass is 10.3. The molecule has 0 bridgehead atoms. The number of hydrogen-bond acceptors (Lipinski definition) is 6. The van der Waals surface area contributed by atoms with Crippen LogP contribution in [0.4, 0.5) is 11.5 Å². The third-order valence-electron chi connectivity index (χ3n) is 2.22. The molecule has 6 nitrogen and oxygen atoms in total. The summed E-state index contributed by atoms with van der Waals surface area (Å²) in [5.74, 6) is -0.717. The lowest BCUT2D eigenvalue weighted by molar-refractivity contribution is 0.0690. The van der Waals surface area contributed by atoms with Gasteiger partial charge in [0.15, 0.2) is 11.5 Å². The number of aromatic carboxylic acids is 1. The second-order valence-corrected chi connectivity index (χ2v) is 4.62. The van der Waals surface area contributed by atoms with E-state index in [1.807, 2.05) is 12.3 Å². The maximum Gasteiger partial charge on any atom is 0.354 e. The Morgan fingerprint density at radius 2 is 2.28 bits per heavy atom. The summed E-state index contributed by atoms with van der Waals surface area (Å²) in [6.07, 6.45) is 0. The second-order valence-electron chi connectivity index (χ2n) is 3.68. The monoisotopic (exact) mass is 264 g/mol. The number of carboxylic acid groups (broad SMARTS) is 1. The van der Waals surface area contributed by atoms with Gasteiger partial charge in [0.1, 0.15) is 5.01 Å². The van der Waals surface area contributed by atoms with E-state index in [-0.39, 0.29) is 5.69 Å². The number of nitrogens with two attached hydrogens (primary N) is 1. The minimum atomic E-state index is -1.08. The fraction of sp³-hybridized carbons (Fsp3) is 0.182. The number of aromatic nitrogens is 2. The number of carboxylic acids is 1. The number of hydrogen-bond donors (Lipinski definition) is 3. The van der Waals surface area contributed by atoms with E-state index in [1.165, 1.54) is 23.5 Å². The van der Waals surface area contributed by atoms with Crippen LogP contribution in [0.1, 0.15) is 21.2 Å². The van der Waals surface area contributed by atoms with E-state index in [1.54, 1.807) is 0 Å². The van der Waals surface area contributed by atoms with Gasteiger partial charge in [-0.1, -0.05) is 0 Å². The van der Waals surface area contributed by atoms with Gasteiger partial charge >= 0.3 is 5.97 Å². The summed E-state index contributed by atoms with van der Waals surface area (Å²) in [5.41, 5.74) is 7.05. The Hall–Kier alpha value is -2.15. The van der Waals surface area contributed by atoms with E-state index in [4.69, 9.17) is 10.8 Å². The third-order valence-corrected chi connectivity index (χ3v) is 3.19. The maximum absolute atomic E-state index is 10.8. The molecule has 2 aromatic rings. The van der Waals surface area contributed by atoms with Crippen molar-refractivity contribution in [3.8, 4) is 0 Å². The first-order valence-electron chi connectivity index (χ1n) is 5.21. The van der Waals surface area contributed by atoms with Gasteiger partial charge in [0.25, 0.3) is 0 Å². The van der Waals surface area contributed by atoms with Crippen molar-refractivity contribution in [2.45, 2.75) is 13.5 Å². The number of nitrogens with one attached hydrogen (secondary N) is 1. The van der Waals surface area contributed by atoms with Gasteiger partial charge in [-0.25, -0.2) is 14.8 Å². The highest BCUT2D eigenvalue weighted by Gasteiger charge is 2.09. The normalized spacial score (nSPS) is 10.3. The molecule has 0 aliphatic carbocycles. The number of thiazole rings is 1. The fourth-order valence-electron chi connectivity index (χ4n) is 1.37. The van der Waals surface area contributed by atoms with Crippen molar-refractivity contribution in [3.05, 3.63) is 33.9 Å². The van der Waals surface area contributed by atoms with E-state index in [0.717, 1.165) is 10.7 Å². The van der Waals surface area contributed by atoms with Crippen LogP contribution in [0.3, 0.4) is 0 Å². The molecule has 2 heterocycles. The smallest absolute Gasteiger partial charge is 0.354 e. The number of nitrogen functional groups attached to an aromatic ring is 1. The molecule has 0 aromatic carbocycles. The molecule has 0 aliphatic heterocycles. The standard InChI is InChI=1S/C11H12N4O2S/c1-6-5-18-9(14-6)4-13-10-7(12)2-3-8(15-10)11(16)17/h2-3,5H,4,12H2,1H3,(H,13,15)(H,16,17). The summed E-state index contributed by atoms with van der Waals surface area (Å²) >= 11 is 1.53. The summed E-state index contributed by atoms with van der Waals surface area (Å²) in [5, 5.41) is 14.7. The summed E-state index contributed by atoms with van der Waals surface area (Å²) in [6.45, 7) is 2.39. The predicted octanol–water partition coefficient (Wildman–Crippen LogP) is 1.74. The lowest BCUT2D eigenvalue weighted by Crippen LogP contribution is -2.08. The third kappa shape index (κ3) is 2.75. The number of anilines is 2. The molecule has 0 amide bonds. The molecule has 0 atom stereocenters. The first-order valence-corrected chi connectivity index (χ1v) is 6.09. The molecule has 94 valence electrons. The minimum absolute atomic E-state index is 0.0398. The number of aryl methyl sites for hydroxylation is 1. The molecule has 2 aromatic heterocycles. The average molecular weight is 264 g/mol. The van der Waals surface area contributed by atoms with E-state index in [9.17, 15) is 4.79 Å². The van der Waals surface area contributed by atoms with Crippen molar-refractivity contribution in [2.24, 2.45) is 0 Å². The van der Waals surface area contributed by atoms with Crippen LogP contribution >= 0.6 is 11.3 Å². The molecule has 0 saturated heterocycles. The lowest BCUT2D eigenvalue weighted by Gasteiger charge is -2.07. The highest BCUT2D eigenvalue weighted by molar-refractivity contribution is 7.09. The Morgan fingerprint density at radius 1 is 1.50 bits per heavy atom. The summed E-state index contributed by atoms with van der Waals surface area (Å²) in [7, 11) is 0. The van der Waals surface area contributed by atoms with Gasteiger partial charge in [-0.15, -0.1) is 11.3 Å². The van der Waals surface area contributed by atoms with Crippen molar-refractivity contribution in [2.75, 3.05) is 11.1 Å². The zero-order chi connectivity index (χ0) is 13.1. The zero-order valence-electron chi connectivity index (χ0n) is 9.67. The largest absolute Gasteiger partial charge is 0.477 e. The van der Waals surface area contributed by atoms with Gasteiger partial charge in [-0.2, -0.15) is 0 Å². The Kier molecular flexibility index (Phi) is 3.42. The number of rotatable bonds is 4. The van der Waals surface area contributed by atoms with E-state index >= 15 is 0 Å². The van der Waals surface area contributed by atoms with E-state index < -0.39 is 5.97 Å². The molecule has 0 spiro atoms. The Bertz CT molecular complexity index is 582. The molecule has 0 fully saturated rings. The van der Waals surface area contributed by atoms with Crippen molar-refractivity contribution in [1.82, 2.24) is 9.97 Å². The summed E-state index contributed by atoms with van der Waals surface area (Å²) in [4.78, 5) is 19.0. The predicted molar refractivity (Wildman–Crippen MR) is 69.8 cm³/mol. The van der Waals surface area contributed by atoms with Crippen LogP contribution in [0.25, 0.3) is 0 Å². The molecular formula is C11H12N4O2S. The Balaban J connectivity index is 2.13. The Labute approximate surface area is 108 Å². The second kappa shape index (κ2) is 5.01. The van der Waals surface area contributed by atoms with Gasteiger partial charge < -0.3 is 16.2 Å². The quantitative estimate of drug-likeness (QED) is 0.777. The molecule has 4 N–H and O–H groups in total. The Morgan fingerprint density at radius 3 is 2.89 bits per heavy atom. The topological polar surface area (TPSA) is 101 Å². The van der Waals surface area contributed by atoms with Gasteiger partial charge in [0.2, 0.25) is 0 Å². The SMILES string of the molecule is Cc1csc(CNc2nc(C(=O)O)ccc2N)n1. The van der Waals surface area contributed by atoms with Crippen LogP contribution < -0.4 is 11.1 Å². The molecule has 18 heavy (non-hydrogen) atoms. The summed E-state index contributed by atoms with van der Waals surface area (Å²) in [6, 6.07) is 2.89. The molecule has 2 rings (SSSR count). The van der Waals surface area contributed by atoms with Gasteiger partial charge in [-0.3, -0.25) is 0 Å². The maximum atomic E-state index is 10.8. The van der Waals surface area contributed by atoms with Gasteiger partial charge in [0.05, 0.1) is 12.2 Å². The van der Waals surface area contributed by atoms with Crippen molar-refractivity contribution >= 4 is 28.8 Å². The molecule has 0 aliphatic rings. The van der Waals surface area contributed by atoms with Crippen LogP contribution in [0, 0.1) is 6.92 Å². The summed E-state index contributed by atoms with van der Waals surface area (Å²) < 4.78 is 0. The van der Waals surface area contributed by atoms with E-state index in [2.05, 4.69) is 15.3 Å². The highest BCUT2D eigenvalue weighted by atomic mass is 32.1. The first kappa shape index (κ1) is 12.3. The number of pyridine rings is 1. The zero-order valence-corrected chi connectivity index (χ0v) is 10.5. The van der Waals surface area contributed by atoms with Gasteiger partial charge in [-0.05, 0) is 19.1 Å². The molecule has 0 saturated carbocycles. The molecule has 7 heteroatoms. The fourth-order valence-corrected chi connectivity index (χ4v) is 2.09. The van der Waals surface area contributed by atoms with Crippen molar-refractivity contribution in [3.63, 3.8) is 0 Å². The number of nitrogens with zero attached hydrogens (tertiary/aromatic N) is 2. The van der Waals surface area contributed by atoms with Gasteiger partial charge in [0, 0.05) is 11.1 Å². The van der Waals surface area contributed by atoms with Crippen LogP contribution in [0.2, 0.25) is 0 Å². The van der Waals surface area contributed by atoms with E-state index in [0.29, 0.717) is 18.1 Å². The first-order chi connectivity index (χ1) is 8.56. The van der Waals surface area contributed by atoms with Crippen molar-refractivity contribution < 1.29 is 9.90 Å². The highest BCUT2D eigenvalue weighted by Crippen LogP contribution is 2.18. The van der Waals surface area contributed by atoms with Crippen LogP contribution in [-0.4, -0.2) is 21.0 Å². The number of carbonyl (C=O) groups is 1. The molecule has 0 unspecified atom stereocenters. The van der Waals surface area contributed by atoms with Crippen LogP contribution in [0.5, 0.6) is 0 Å².